The van der Waals surface area contributed by atoms with Crippen molar-refractivity contribution in [2.45, 2.75) is 52.5 Å². The number of aromatic nitrogens is 2. The first-order valence-corrected chi connectivity index (χ1v) is 6.35. The monoisotopic (exact) mass is 267 g/mol. The summed E-state index contributed by atoms with van der Waals surface area (Å²) in [6.45, 7) is 11.8. The summed E-state index contributed by atoms with van der Waals surface area (Å²) >= 11 is 0. The van der Waals surface area contributed by atoms with Crippen LogP contribution in [0.15, 0.2) is 0 Å². The fourth-order valence-corrected chi connectivity index (χ4v) is 1.47. The van der Waals surface area contributed by atoms with Crippen molar-refractivity contribution >= 4 is 11.6 Å². The number of hydrazine groups is 1. The van der Waals surface area contributed by atoms with Crippen LogP contribution >= 0.6 is 0 Å². The zero-order valence-corrected chi connectivity index (χ0v) is 12.6. The average molecular weight is 267 g/mol. The first kappa shape index (κ1) is 15.7. The minimum atomic E-state index is -0.458. The lowest BCUT2D eigenvalue weighted by Crippen LogP contribution is -2.36. The van der Waals surface area contributed by atoms with Crippen LogP contribution in [0.1, 0.15) is 46.0 Å². The molecule has 108 valence electrons. The van der Waals surface area contributed by atoms with Crippen LogP contribution in [0.25, 0.3) is 0 Å². The second-order valence-electron chi connectivity index (χ2n) is 6.43. The number of nitrogens with two attached hydrogens (primary N) is 1. The molecule has 0 aliphatic rings. The van der Waals surface area contributed by atoms with E-state index < -0.39 is 5.54 Å². The van der Waals surface area contributed by atoms with Gasteiger partial charge in [0.25, 0.3) is 0 Å². The van der Waals surface area contributed by atoms with Crippen LogP contribution in [0.3, 0.4) is 0 Å². The molecule has 0 aliphatic heterocycles. The third-order valence-corrected chi connectivity index (χ3v) is 2.81. The summed E-state index contributed by atoms with van der Waals surface area (Å²) < 4.78 is 0. The van der Waals surface area contributed by atoms with E-state index in [0.29, 0.717) is 17.5 Å². The van der Waals surface area contributed by atoms with E-state index in [0.717, 1.165) is 5.56 Å². The Balaban J connectivity index is 3.30. The van der Waals surface area contributed by atoms with E-state index >= 15 is 0 Å². The molecule has 19 heavy (non-hydrogen) atoms. The van der Waals surface area contributed by atoms with Crippen molar-refractivity contribution in [3.05, 3.63) is 11.4 Å². The first-order chi connectivity index (χ1) is 8.60. The number of aliphatic hydroxyl groups excluding tert-OH is 1. The number of anilines is 2. The Morgan fingerprint density at radius 2 is 1.63 bits per heavy atom. The lowest BCUT2D eigenvalue weighted by atomic mass is 9.95. The van der Waals surface area contributed by atoms with Gasteiger partial charge >= 0.3 is 0 Å². The average Bonchev–Trinajstić information content (AvgIpc) is 2.30. The van der Waals surface area contributed by atoms with Crippen molar-refractivity contribution in [1.29, 1.82) is 0 Å². The van der Waals surface area contributed by atoms with Gasteiger partial charge in [0.2, 0.25) is 0 Å². The molecule has 0 bridgehead atoms. The van der Waals surface area contributed by atoms with Crippen molar-refractivity contribution in [2.24, 2.45) is 5.84 Å². The zero-order valence-electron chi connectivity index (χ0n) is 12.6. The van der Waals surface area contributed by atoms with Gasteiger partial charge in [0.05, 0.1) is 12.1 Å². The number of hydrogen-bond acceptors (Lipinski definition) is 6. The Kier molecular flexibility index (Phi) is 4.37. The molecular formula is C13H25N5O. The van der Waals surface area contributed by atoms with Gasteiger partial charge in [0, 0.05) is 11.0 Å². The van der Waals surface area contributed by atoms with E-state index in [2.05, 4.69) is 20.7 Å². The van der Waals surface area contributed by atoms with E-state index in [4.69, 9.17) is 5.84 Å². The third-order valence-electron chi connectivity index (χ3n) is 2.81. The van der Waals surface area contributed by atoms with Gasteiger partial charge in [-0.1, -0.05) is 20.8 Å². The highest BCUT2D eigenvalue weighted by atomic mass is 16.3. The van der Waals surface area contributed by atoms with Crippen LogP contribution in [0.2, 0.25) is 0 Å². The fraction of sp³-hybridized carbons (Fsp3) is 0.692. The number of hydrogen-bond donors (Lipinski definition) is 4. The van der Waals surface area contributed by atoms with E-state index in [1.165, 1.54) is 0 Å². The molecule has 1 aromatic rings. The topological polar surface area (TPSA) is 96.1 Å². The minimum absolute atomic E-state index is 0.00663. The molecule has 0 fully saturated rings. The maximum Gasteiger partial charge on any atom is 0.148 e. The van der Waals surface area contributed by atoms with Crippen LogP contribution in [0.5, 0.6) is 0 Å². The van der Waals surface area contributed by atoms with Gasteiger partial charge in [-0.3, -0.25) is 0 Å². The van der Waals surface area contributed by atoms with E-state index in [1.807, 2.05) is 41.5 Å². The Labute approximate surface area is 114 Å². The quantitative estimate of drug-likeness (QED) is 0.488. The van der Waals surface area contributed by atoms with Gasteiger partial charge in [-0.05, 0) is 20.8 Å². The second kappa shape index (κ2) is 5.30. The molecule has 1 aromatic heterocycles. The van der Waals surface area contributed by atoms with Gasteiger partial charge in [-0.25, -0.2) is 15.8 Å². The number of nitrogens with one attached hydrogen (secondary N) is 2. The molecule has 0 aromatic carbocycles. The Bertz CT molecular complexity index is 451. The predicted molar refractivity (Wildman–Crippen MR) is 78.1 cm³/mol. The van der Waals surface area contributed by atoms with Crippen molar-refractivity contribution in [3.63, 3.8) is 0 Å². The predicted octanol–water partition coefficient (Wildman–Crippen LogP) is 1.55. The molecule has 0 saturated heterocycles. The third kappa shape index (κ3) is 3.78. The summed E-state index contributed by atoms with van der Waals surface area (Å²) in [6.07, 6.45) is 0. The SMILES string of the molecule is Cc1c(NN)nc(C(C)(C)C)nc1NC(C)(C)CO. The number of nitrogen functional groups attached to an aromatic ring is 1. The van der Waals surface area contributed by atoms with Gasteiger partial charge in [0.1, 0.15) is 17.5 Å². The smallest absolute Gasteiger partial charge is 0.148 e. The van der Waals surface area contributed by atoms with Gasteiger partial charge in [-0.15, -0.1) is 0 Å². The Morgan fingerprint density at radius 3 is 2.05 bits per heavy atom. The van der Waals surface area contributed by atoms with Crippen LogP contribution in [0, 0.1) is 6.92 Å². The van der Waals surface area contributed by atoms with Gasteiger partial charge in [0.15, 0.2) is 0 Å². The maximum absolute atomic E-state index is 9.36. The first-order valence-electron chi connectivity index (χ1n) is 6.35. The summed E-state index contributed by atoms with van der Waals surface area (Å²) in [5, 5.41) is 12.6. The molecule has 0 unspecified atom stereocenters. The minimum Gasteiger partial charge on any atom is -0.394 e. The highest BCUT2D eigenvalue weighted by Gasteiger charge is 2.24. The van der Waals surface area contributed by atoms with Crippen molar-refractivity contribution in [3.8, 4) is 0 Å². The zero-order chi connectivity index (χ0) is 14.8. The van der Waals surface area contributed by atoms with Crippen LogP contribution in [-0.4, -0.2) is 27.2 Å². The molecule has 0 saturated carbocycles. The molecule has 0 aliphatic carbocycles. The molecule has 0 radical (unpaired) electrons. The Hall–Kier alpha value is -1.40. The molecule has 6 heteroatoms. The molecule has 0 amide bonds. The van der Waals surface area contributed by atoms with Gasteiger partial charge in [-0.2, -0.15) is 0 Å². The standard InChI is InChI=1S/C13H25N5O/c1-8-9(17-13(5,6)7-19)15-11(12(2,3)4)16-10(8)18-14/h19H,7,14H2,1-6H3,(H2,15,16,17,18). The molecule has 1 rings (SSSR count). The van der Waals surface area contributed by atoms with Crippen LogP contribution in [0.4, 0.5) is 11.6 Å². The molecular weight excluding hydrogens is 242 g/mol. The van der Waals surface area contributed by atoms with Crippen molar-refractivity contribution < 1.29 is 5.11 Å². The molecule has 0 atom stereocenters. The number of rotatable bonds is 4. The fourth-order valence-electron chi connectivity index (χ4n) is 1.47. The summed E-state index contributed by atoms with van der Waals surface area (Å²) in [6, 6.07) is 0. The lowest BCUT2D eigenvalue weighted by Gasteiger charge is -2.27. The van der Waals surface area contributed by atoms with E-state index in [1.54, 1.807) is 0 Å². The largest absolute Gasteiger partial charge is 0.394 e. The number of aliphatic hydroxyl groups is 1. The van der Waals surface area contributed by atoms with Crippen LogP contribution < -0.4 is 16.6 Å². The summed E-state index contributed by atoms with van der Waals surface area (Å²) in [5.74, 6) is 7.49. The summed E-state index contributed by atoms with van der Waals surface area (Å²) in [5.41, 5.74) is 2.79. The normalized spacial score (nSPS) is 12.4. The maximum atomic E-state index is 9.36. The molecule has 6 nitrogen and oxygen atoms in total. The molecule has 5 N–H and O–H groups in total. The van der Waals surface area contributed by atoms with E-state index in [-0.39, 0.29) is 12.0 Å². The Morgan fingerprint density at radius 1 is 1.11 bits per heavy atom. The summed E-state index contributed by atoms with van der Waals surface area (Å²) in [7, 11) is 0. The lowest BCUT2D eigenvalue weighted by molar-refractivity contribution is 0.233. The van der Waals surface area contributed by atoms with Crippen LogP contribution in [-0.2, 0) is 5.41 Å². The summed E-state index contributed by atoms with van der Waals surface area (Å²) in [4.78, 5) is 8.99. The molecule has 0 spiro atoms. The number of nitrogens with zero attached hydrogens (tertiary/aromatic N) is 2. The van der Waals surface area contributed by atoms with E-state index in [9.17, 15) is 5.11 Å². The second-order valence-corrected chi connectivity index (χ2v) is 6.43. The highest BCUT2D eigenvalue weighted by Crippen LogP contribution is 2.27. The highest BCUT2D eigenvalue weighted by molar-refractivity contribution is 5.58. The van der Waals surface area contributed by atoms with Gasteiger partial charge < -0.3 is 15.8 Å². The molecule has 1 heterocycles. The van der Waals surface area contributed by atoms with Crippen molar-refractivity contribution in [2.75, 3.05) is 17.3 Å². The van der Waals surface area contributed by atoms with Crippen molar-refractivity contribution in [1.82, 2.24) is 9.97 Å².